The third kappa shape index (κ3) is 3.39. The summed E-state index contributed by atoms with van der Waals surface area (Å²) in [5.41, 5.74) is 1.44. The number of amides is 2. The Morgan fingerprint density at radius 2 is 1.72 bits per heavy atom. The van der Waals surface area contributed by atoms with Crippen molar-refractivity contribution in [2.45, 2.75) is 36.4 Å². The second-order valence-corrected chi connectivity index (χ2v) is 7.17. The van der Waals surface area contributed by atoms with Gasteiger partial charge in [0, 0.05) is 35.2 Å². The summed E-state index contributed by atoms with van der Waals surface area (Å²) in [6.45, 7) is 0. The van der Waals surface area contributed by atoms with Crippen LogP contribution >= 0.6 is 11.8 Å². The predicted molar refractivity (Wildman–Crippen MR) is 99.8 cm³/mol. The lowest BCUT2D eigenvalue weighted by Gasteiger charge is -2.21. The molecule has 1 spiro atoms. The molecule has 130 valence electrons. The number of rotatable bonds is 3. The van der Waals surface area contributed by atoms with Crippen molar-refractivity contribution < 1.29 is 14.3 Å². The highest BCUT2D eigenvalue weighted by molar-refractivity contribution is 7.98. The van der Waals surface area contributed by atoms with Gasteiger partial charge in [-0.3, -0.25) is 0 Å². The molecule has 1 saturated carbocycles. The lowest BCUT2D eigenvalue weighted by atomic mass is 10.2. The Morgan fingerprint density at radius 3 is 2.48 bits per heavy atom. The van der Waals surface area contributed by atoms with Gasteiger partial charge in [-0.25, -0.2) is 4.79 Å². The molecule has 2 aliphatic rings. The van der Waals surface area contributed by atoms with Crippen molar-refractivity contribution in [1.82, 2.24) is 0 Å². The quantitative estimate of drug-likeness (QED) is 0.752. The average Bonchev–Trinajstić information content (AvgIpc) is 3.20. The van der Waals surface area contributed by atoms with Crippen LogP contribution in [-0.4, -0.2) is 18.1 Å². The molecule has 2 amide bonds. The zero-order valence-corrected chi connectivity index (χ0v) is 14.8. The minimum Gasteiger partial charge on any atom is -0.448 e. The fourth-order valence-corrected chi connectivity index (χ4v) is 3.74. The van der Waals surface area contributed by atoms with Crippen molar-refractivity contribution in [3.63, 3.8) is 0 Å². The Labute approximate surface area is 151 Å². The van der Waals surface area contributed by atoms with Gasteiger partial charge in [-0.05, 0) is 49.4 Å². The molecule has 0 radical (unpaired) electrons. The molecule has 2 aromatic rings. The molecular formula is C19H20N2O3S. The molecule has 0 aromatic heterocycles. The summed E-state index contributed by atoms with van der Waals surface area (Å²) in [6, 6.07) is 12.9. The normalized spacial score (nSPS) is 16.8. The summed E-state index contributed by atoms with van der Waals surface area (Å²) in [6.07, 6.45) is 6.07. The SMILES string of the molecule is CSc1cccc(NC(=O)Nc2ccc3c(c2)OC2(CCCC2)O3)c1. The Hall–Kier alpha value is -2.34. The molecule has 0 bridgehead atoms. The van der Waals surface area contributed by atoms with Gasteiger partial charge in [-0.2, -0.15) is 0 Å². The van der Waals surface area contributed by atoms with Crippen LogP contribution in [0.1, 0.15) is 25.7 Å². The van der Waals surface area contributed by atoms with Crippen molar-refractivity contribution in [2.24, 2.45) is 0 Å². The van der Waals surface area contributed by atoms with Crippen LogP contribution in [0.4, 0.5) is 16.2 Å². The number of urea groups is 1. The number of nitrogens with one attached hydrogen (secondary N) is 2. The van der Waals surface area contributed by atoms with E-state index in [0.29, 0.717) is 11.4 Å². The summed E-state index contributed by atoms with van der Waals surface area (Å²) in [5.74, 6) is 0.964. The maximum Gasteiger partial charge on any atom is 0.323 e. The van der Waals surface area contributed by atoms with Crippen molar-refractivity contribution in [3.05, 3.63) is 42.5 Å². The summed E-state index contributed by atoms with van der Waals surface area (Å²) in [5, 5.41) is 5.69. The summed E-state index contributed by atoms with van der Waals surface area (Å²) in [4.78, 5) is 13.3. The number of carbonyl (C=O) groups is 1. The molecule has 1 fully saturated rings. The Kier molecular flexibility index (Phi) is 4.21. The number of hydrogen-bond acceptors (Lipinski definition) is 4. The predicted octanol–water partition coefficient (Wildman–Crippen LogP) is 5.09. The molecule has 5 nitrogen and oxygen atoms in total. The van der Waals surface area contributed by atoms with Gasteiger partial charge in [0.2, 0.25) is 0 Å². The van der Waals surface area contributed by atoms with E-state index in [1.165, 1.54) is 0 Å². The van der Waals surface area contributed by atoms with Gasteiger partial charge < -0.3 is 20.1 Å². The number of fused-ring (bicyclic) bond motifs is 1. The first kappa shape index (κ1) is 16.1. The third-order valence-corrected chi connectivity index (χ3v) is 5.21. The first-order valence-electron chi connectivity index (χ1n) is 8.40. The molecule has 1 heterocycles. The van der Waals surface area contributed by atoms with Gasteiger partial charge in [0.1, 0.15) is 0 Å². The van der Waals surface area contributed by atoms with E-state index in [2.05, 4.69) is 10.6 Å². The highest BCUT2D eigenvalue weighted by Gasteiger charge is 2.44. The van der Waals surface area contributed by atoms with Gasteiger partial charge in [0.05, 0.1) is 0 Å². The van der Waals surface area contributed by atoms with E-state index in [4.69, 9.17) is 9.47 Å². The van der Waals surface area contributed by atoms with Crippen LogP contribution in [0.2, 0.25) is 0 Å². The van der Waals surface area contributed by atoms with Gasteiger partial charge in [-0.15, -0.1) is 11.8 Å². The fourth-order valence-electron chi connectivity index (χ4n) is 3.28. The first-order chi connectivity index (χ1) is 12.2. The number of anilines is 2. The highest BCUT2D eigenvalue weighted by atomic mass is 32.2. The van der Waals surface area contributed by atoms with Gasteiger partial charge in [0.25, 0.3) is 5.79 Å². The van der Waals surface area contributed by atoms with Crippen molar-refractivity contribution >= 4 is 29.2 Å². The van der Waals surface area contributed by atoms with E-state index in [1.54, 1.807) is 11.8 Å². The van der Waals surface area contributed by atoms with Crippen LogP contribution < -0.4 is 20.1 Å². The number of ether oxygens (including phenoxy) is 2. The minimum atomic E-state index is -0.485. The van der Waals surface area contributed by atoms with E-state index in [0.717, 1.165) is 42.0 Å². The maximum absolute atomic E-state index is 12.2. The molecule has 25 heavy (non-hydrogen) atoms. The van der Waals surface area contributed by atoms with Crippen LogP contribution in [0, 0.1) is 0 Å². The van der Waals surface area contributed by atoms with E-state index in [9.17, 15) is 4.79 Å². The molecular weight excluding hydrogens is 336 g/mol. The van der Waals surface area contributed by atoms with Gasteiger partial charge in [0.15, 0.2) is 11.5 Å². The first-order valence-corrected chi connectivity index (χ1v) is 9.62. The van der Waals surface area contributed by atoms with E-state index in [-0.39, 0.29) is 6.03 Å². The van der Waals surface area contributed by atoms with Crippen LogP contribution in [-0.2, 0) is 0 Å². The molecule has 4 rings (SSSR count). The largest absolute Gasteiger partial charge is 0.448 e. The Morgan fingerprint density at radius 1 is 1.00 bits per heavy atom. The summed E-state index contributed by atoms with van der Waals surface area (Å²) < 4.78 is 12.0. The van der Waals surface area contributed by atoms with Crippen LogP contribution in [0.3, 0.4) is 0 Å². The average molecular weight is 356 g/mol. The molecule has 0 saturated heterocycles. The zero-order valence-electron chi connectivity index (χ0n) is 14.0. The van der Waals surface area contributed by atoms with E-state index in [1.807, 2.05) is 48.7 Å². The maximum atomic E-state index is 12.2. The zero-order chi connectivity index (χ0) is 17.3. The van der Waals surface area contributed by atoms with Gasteiger partial charge in [-0.1, -0.05) is 6.07 Å². The number of benzene rings is 2. The molecule has 2 aromatic carbocycles. The molecule has 0 unspecified atom stereocenters. The number of thioether (sulfide) groups is 1. The van der Waals surface area contributed by atoms with E-state index < -0.39 is 5.79 Å². The second-order valence-electron chi connectivity index (χ2n) is 6.29. The molecule has 2 N–H and O–H groups in total. The Bertz CT molecular complexity index is 803. The Balaban J connectivity index is 1.42. The summed E-state index contributed by atoms with van der Waals surface area (Å²) in [7, 11) is 0. The molecule has 1 aliphatic heterocycles. The van der Waals surface area contributed by atoms with E-state index >= 15 is 0 Å². The minimum absolute atomic E-state index is 0.285. The molecule has 0 atom stereocenters. The van der Waals surface area contributed by atoms with Crippen molar-refractivity contribution in [2.75, 3.05) is 16.9 Å². The van der Waals surface area contributed by atoms with Crippen LogP contribution in [0.5, 0.6) is 11.5 Å². The summed E-state index contributed by atoms with van der Waals surface area (Å²) >= 11 is 1.63. The smallest absolute Gasteiger partial charge is 0.323 e. The topological polar surface area (TPSA) is 59.6 Å². The van der Waals surface area contributed by atoms with Gasteiger partial charge >= 0.3 is 6.03 Å². The lowest BCUT2D eigenvalue weighted by Crippen LogP contribution is -2.34. The second kappa shape index (κ2) is 6.52. The monoisotopic (exact) mass is 356 g/mol. The lowest BCUT2D eigenvalue weighted by molar-refractivity contribution is -0.0716. The van der Waals surface area contributed by atoms with Crippen LogP contribution in [0.25, 0.3) is 0 Å². The highest BCUT2D eigenvalue weighted by Crippen LogP contribution is 2.47. The number of hydrogen-bond donors (Lipinski definition) is 2. The molecule has 1 aliphatic carbocycles. The van der Waals surface area contributed by atoms with Crippen molar-refractivity contribution in [3.8, 4) is 11.5 Å². The van der Waals surface area contributed by atoms with Crippen molar-refractivity contribution in [1.29, 1.82) is 0 Å². The third-order valence-electron chi connectivity index (χ3n) is 4.49. The molecule has 6 heteroatoms. The standard InChI is InChI=1S/C19H20N2O3S/c1-25-15-6-4-5-13(11-15)20-18(22)21-14-7-8-16-17(12-14)24-19(23-16)9-2-3-10-19/h4-8,11-12H,2-3,9-10H2,1H3,(H2,20,21,22). The fraction of sp³-hybridized carbons (Fsp3) is 0.316. The van der Waals surface area contributed by atoms with Crippen LogP contribution in [0.15, 0.2) is 47.4 Å². The number of carbonyl (C=O) groups excluding carboxylic acids is 1.